The maximum atomic E-state index is 13.7. The first-order chi connectivity index (χ1) is 15.2. The standard InChI is InChI=1S/C25H27N3O2S/c1-2-19-9-11-20(12-10-19)17-27(18-21-6-3-13-26-16-21)24(29)22-7-4-14-28(22)25(30)23-8-5-15-31-23/h3,5-6,8-13,15-16,22H,2,4,7,14,17-18H2,1H3. The van der Waals surface area contributed by atoms with Gasteiger partial charge in [0.1, 0.15) is 6.04 Å². The van der Waals surface area contributed by atoms with Gasteiger partial charge in [-0.15, -0.1) is 11.3 Å². The number of hydrogen-bond donors (Lipinski definition) is 0. The van der Waals surface area contributed by atoms with Crippen LogP contribution in [0, 0.1) is 0 Å². The SMILES string of the molecule is CCc1ccc(CN(Cc2cccnc2)C(=O)C2CCCN2C(=O)c2cccs2)cc1. The number of pyridine rings is 1. The molecule has 31 heavy (non-hydrogen) atoms. The van der Waals surface area contributed by atoms with Crippen LogP contribution in [0.3, 0.4) is 0 Å². The van der Waals surface area contributed by atoms with Gasteiger partial charge in [-0.3, -0.25) is 14.6 Å². The molecule has 0 spiro atoms. The average molecular weight is 434 g/mol. The Morgan fingerprint density at radius 1 is 1.06 bits per heavy atom. The zero-order chi connectivity index (χ0) is 21.6. The Bertz CT molecular complexity index is 1000. The Labute approximate surface area is 187 Å². The van der Waals surface area contributed by atoms with Crippen molar-refractivity contribution in [1.82, 2.24) is 14.8 Å². The summed E-state index contributed by atoms with van der Waals surface area (Å²) in [5.74, 6) is -0.0368. The van der Waals surface area contributed by atoms with Crippen LogP contribution in [0.2, 0.25) is 0 Å². The number of thiophene rings is 1. The maximum absolute atomic E-state index is 13.7. The summed E-state index contributed by atoms with van der Waals surface area (Å²) in [6, 6.07) is 15.6. The highest BCUT2D eigenvalue weighted by atomic mass is 32.1. The van der Waals surface area contributed by atoms with E-state index in [0.717, 1.165) is 24.0 Å². The summed E-state index contributed by atoms with van der Waals surface area (Å²) in [5.41, 5.74) is 3.34. The molecule has 6 heteroatoms. The molecular formula is C25H27N3O2S. The van der Waals surface area contributed by atoms with Crippen LogP contribution in [0.4, 0.5) is 0 Å². The molecule has 0 aliphatic carbocycles. The molecule has 4 rings (SSSR count). The number of rotatable bonds is 7. The maximum Gasteiger partial charge on any atom is 0.264 e. The van der Waals surface area contributed by atoms with Gasteiger partial charge in [-0.05, 0) is 53.5 Å². The molecule has 0 radical (unpaired) electrons. The van der Waals surface area contributed by atoms with E-state index in [0.29, 0.717) is 30.9 Å². The first-order valence-corrected chi connectivity index (χ1v) is 11.6. The third-order valence-corrected chi connectivity index (χ3v) is 6.60. The largest absolute Gasteiger partial charge is 0.332 e. The fourth-order valence-corrected chi connectivity index (χ4v) is 4.72. The van der Waals surface area contributed by atoms with Crippen LogP contribution < -0.4 is 0 Å². The van der Waals surface area contributed by atoms with E-state index in [1.54, 1.807) is 17.3 Å². The van der Waals surface area contributed by atoms with Gasteiger partial charge in [-0.1, -0.05) is 43.3 Å². The summed E-state index contributed by atoms with van der Waals surface area (Å²) < 4.78 is 0. The van der Waals surface area contributed by atoms with E-state index in [-0.39, 0.29) is 11.8 Å². The van der Waals surface area contributed by atoms with Crippen molar-refractivity contribution in [3.63, 3.8) is 0 Å². The van der Waals surface area contributed by atoms with E-state index >= 15 is 0 Å². The van der Waals surface area contributed by atoms with Crippen LogP contribution in [0.5, 0.6) is 0 Å². The second kappa shape index (κ2) is 9.88. The van der Waals surface area contributed by atoms with Gasteiger partial charge in [0.15, 0.2) is 0 Å². The van der Waals surface area contributed by atoms with Gasteiger partial charge in [0.05, 0.1) is 4.88 Å². The zero-order valence-electron chi connectivity index (χ0n) is 17.7. The first-order valence-electron chi connectivity index (χ1n) is 10.8. The lowest BCUT2D eigenvalue weighted by atomic mass is 10.1. The molecule has 1 aromatic carbocycles. The van der Waals surface area contributed by atoms with Crippen molar-refractivity contribution >= 4 is 23.2 Å². The van der Waals surface area contributed by atoms with Gasteiger partial charge in [0.2, 0.25) is 5.91 Å². The quantitative estimate of drug-likeness (QED) is 0.550. The van der Waals surface area contributed by atoms with Crippen molar-refractivity contribution in [3.05, 3.63) is 87.9 Å². The van der Waals surface area contributed by atoms with Crippen molar-refractivity contribution in [2.45, 2.75) is 45.3 Å². The van der Waals surface area contributed by atoms with E-state index < -0.39 is 6.04 Å². The van der Waals surface area contributed by atoms with Crippen molar-refractivity contribution in [3.8, 4) is 0 Å². The highest BCUT2D eigenvalue weighted by Crippen LogP contribution is 2.25. The van der Waals surface area contributed by atoms with Gasteiger partial charge in [-0.25, -0.2) is 0 Å². The summed E-state index contributed by atoms with van der Waals surface area (Å²) in [7, 11) is 0. The summed E-state index contributed by atoms with van der Waals surface area (Å²) >= 11 is 1.42. The first kappa shape index (κ1) is 21.2. The van der Waals surface area contributed by atoms with Gasteiger partial charge >= 0.3 is 0 Å². The summed E-state index contributed by atoms with van der Waals surface area (Å²) in [6.45, 7) is 3.74. The van der Waals surface area contributed by atoms with E-state index in [1.807, 2.05) is 34.5 Å². The topological polar surface area (TPSA) is 53.5 Å². The van der Waals surface area contributed by atoms with Crippen molar-refractivity contribution in [2.75, 3.05) is 6.54 Å². The van der Waals surface area contributed by atoms with Gasteiger partial charge in [-0.2, -0.15) is 0 Å². The smallest absolute Gasteiger partial charge is 0.264 e. The minimum absolute atomic E-state index is 0.00540. The van der Waals surface area contributed by atoms with Crippen LogP contribution in [0.1, 0.15) is 46.1 Å². The van der Waals surface area contributed by atoms with Crippen LogP contribution in [0.15, 0.2) is 66.3 Å². The highest BCUT2D eigenvalue weighted by molar-refractivity contribution is 7.12. The number of benzene rings is 1. The molecule has 160 valence electrons. The molecule has 3 heterocycles. The molecule has 0 N–H and O–H groups in total. The van der Waals surface area contributed by atoms with Gasteiger partial charge in [0, 0.05) is 32.0 Å². The van der Waals surface area contributed by atoms with Crippen molar-refractivity contribution < 1.29 is 9.59 Å². The number of carbonyl (C=O) groups excluding carboxylic acids is 2. The Hall–Kier alpha value is -2.99. The van der Waals surface area contributed by atoms with E-state index in [1.165, 1.54) is 16.9 Å². The van der Waals surface area contributed by atoms with Crippen LogP contribution in [-0.4, -0.2) is 39.2 Å². The Morgan fingerprint density at radius 3 is 2.52 bits per heavy atom. The predicted octanol–water partition coefficient (Wildman–Crippen LogP) is 4.54. The molecule has 1 saturated heterocycles. The van der Waals surface area contributed by atoms with Gasteiger partial charge < -0.3 is 9.80 Å². The average Bonchev–Trinajstić information content (AvgIpc) is 3.51. The number of nitrogens with zero attached hydrogens (tertiary/aromatic N) is 3. The third kappa shape index (κ3) is 5.02. The van der Waals surface area contributed by atoms with Crippen LogP contribution in [-0.2, 0) is 24.3 Å². The Morgan fingerprint density at radius 2 is 1.84 bits per heavy atom. The lowest BCUT2D eigenvalue weighted by Gasteiger charge is -2.30. The number of amides is 2. The molecule has 5 nitrogen and oxygen atoms in total. The molecule has 0 bridgehead atoms. The Kier molecular flexibility index (Phi) is 6.77. The summed E-state index contributed by atoms with van der Waals surface area (Å²) in [5, 5.41) is 1.90. The monoisotopic (exact) mass is 433 g/mol. The molecule has 1 atom stereocenters. The molecule has 1 aliphatic rings. The van der Waals surface area contributed by atoms with E-state index in [4.69, 9.17) is 0 Å². The van der Waals surface area contributed by atoms with Crippen molar-refractivity contribution in [2.24, 2.45) is 0 Å². The molecule has 2 amide bonds. The normalized spacial score (nSPS) is 15.8. The molecule has 1 aliphatic heterocycles. The van der Waals surface area contributed by atoms with Crippen LogP contribution in [0.25, 0.3) is 0 Å². The number of aryl methyl sites for hydroxylation is 1. The second-order valence-electron chi connectivity index (χ2n) is 7.86. The summed E-state index contributed by atoms with van der Waals surface area (Å²) in [4.78, 5) is 35.2. The fourth-order valence-electron chi connectivity index (χ4n) is 4.04. The molecule has 1 unspecified atom stereocenters. The molecule has 3 aromatic rings. The van der Waals surface area contributed by atoms with Crippen LogP contribution >= 0.6 is 11.3 Å². The highest BCUT2D eigenvalue weighted by Gasteiger charge is 2.37. The number of aromatic nitrogens is 1. The summed E-state index contributed by atoms with van der Waals surface area (Å²) in [6.07, 6.45) is 6.06. The molecular weight excluding hydrogens is 406 g/mol. The molecule has 1 fully saturated rings. The van der Waals surface area contributed by atoms with Crippen molar-refractivity contribution in [1.29, 1.82) is 0 Å². The number of hydrogen-bond acceptors (Lipinski definition) is 4. The lowest BCUT2D eigenvalue weighted by molar-refractivity contribution is -0.136. The molecule has 0 saturated carbocycles. The molecule has 2 aromatic heterocycles. The lowest BCUT2D eigenvalue weighted by Crippen LogP contribution is -2.47. The van der Waals surface area contributed by atoms with E-state index in [2.05, 4.69) is 36.2 Å². The predicted molar refractivity (Wildman–Crippen MR) is 123 cm³/mol. The number of carbonyl (C=O) groups is 2. The number of likely N-dealkylation sites (tertiary alicyclic amines) is 1. The fraction of sp³-hybridized carbons (Fsp3) is 0.320. The second-order valence-corrected chi connectivity index (χ2v) is 8.81. The third-order valence-electron chi connectivity index (χ3n) is 5.74. The van der Waals surface area contributed by atoms with Gasteiger partial charge in [0.25, 0.3) is 5.91 Å². The zero-order valence-corrected chi connectivity index (χ0v) is 18.6. The minimum atomic E-state index is -0.416. The van der Waals surface area contributed by atoms with E-state index in [9.17, 15) is 9.59 Å². The Balaban J connectivity index is 1.56. The minimum Gasteiger partial charge on any atom is -0.332 e.